The summed E-state index contributed by atoms with van der Waals surface area (Å²) in [5, 5.41) is 12.9. The molecule has 1 aromatic heterocycles. The van der Waals surface area contributed by atoms with Gasteiger partial charge in [0.15, 0.2) is 5.82 Å². The Morgan fingerprint density at radius 1 is 1.06 bits per heavy atom. The number of tetrazole rings is 1. The second-order valence-electron chi connectivity index (χ2n) is 9.29. The van der Waals surface area contributed by atoms with Crippen LogP contribution in [0.3, 0.4) is 0 Å². The highest BCUT2D eigenvalue weighted by atomic mass is 16.5. The van der Waals surface area contributed by atoms with Crippen LogP contribution in [0.1, 0.15) is 41.4 Å². The molecule has 0 aliphatic carbocycles. The molecule has 3 heterocycles. The van der Waals surface area contributed by atoms with Gasteiger partial charge in [0.2, 0.25) is 0 Å². The largest absolute Gasteiger partial charge is 0.496 e. The van der Waals surface area contributed by atoms with E-state index in [1.807, 2.05) is 16.8 Å². The lowest BCUT2D eigenvalue weighted by molar-refractivity contribution is 0.0840. The lowest BCUT2D eigenvalue weighted by atomic mass is 10.0. The fourth-order valence-corrected chi connectivity index (χ4v) is 5.04. The monoisotopic (exact) mass is 462 g/mol. The molecule has 34 heavy (non-hydrogen) atoms. The van der Waals surface area contributed by atoms with Crippen molar-refractivity contribution in [3.8, 4) is 5.75 Å². The number of ether oxygens (including phenoxy) is 2. The van der Waals surface area contributed by atoms with Gasteiger partial charge in [-0.2, -0.15) is 0 Å². The molecule has 2 aromatic carbocycles. The predicted octanol–water partition coefficient (Wildman–Crippen LogP) is 3.08. The first-order valence-corrected chi connectivity index (χ1v) is 12.2. The van der Waals surface area contributed by atoms with Crippen molar-refractivity contribution in [2.45, 2.75) is 45.0 Å². The number of aryl methyl sites for hydroxylation is 1. The van der Waals surface area contributed by atoms with Crippen molar-refractivity contribution >= 4 is 0 Å². The molecule has 0 saturated carbocycles. The minimum atomic E-state index is 0.0189. The van der Waals surface area contributed by atoms with Crippen molar-refractivity contribution in [1.29, 1.82) is 0 Å². The van der Waals surface area contributed by atoms with Gasteiger partial charge < -0.3 is 9.47 Å². The van der Waals surface area contributed by atoms with Crippen LogP contribution in [0.5, 0.6) is 5.75 Å². The summed E-state index contributed by atoms with van der Waals surface area (Å²) >= 11 is 0. The minimum absolute atomic E-state index is 0.0189. The smallest absolute Gasteiger partial charge is 0.173 e. The van der Waals surface area contributed by atoms with E-state index in [0.29, 0.717) is 6.54 Å². The zero-order valence-corrected chi connectivity index (χ0v) is 20.1. The molecular weight excluding hydrogens is 428 g/mol. The van der Waals surface area contributed by atoms with Crippen LogP contribution in [0.15, 0.2) is 48.5 Å². The molecule has 8 heteroatoms. The lowest BCUT2D eigenvalue weighted by Gasteiger charge is -2.39. The summed E-state index contributed by atoms with van der Waals surface area (Å²) in [7, 11) is 1.74. The van der Waals surface area contributed by atoms with Gasteiger partial charge in [-0.05, 0) is 41.8 Å². The summed E-state index contributed by atoms with van der Waals surface area (Å²) in [4.78, 5) is 5.01. The SMILES string of the molecule is COc1ccccc1CN1CCN([C@H](c2ccc(C)cc2)c2nnnn2C[C@@H]2CCCO2)CC1. The first kappa shape index (κ1) is 23.0. The Hall–Kier alpha value is -2.81. The molecule has 5 rings (SSSR count). The summed E-state index contributed by atoms with van der Waals surface area (Å²) in [6.07, 6.45) is 2.37. The number of methoxy groups -OCH3 is 1. The summed E-state index contributed by atoms with van der Waals surface area (Å²) in [6.45, 7) is 8.40. The van der Waals surface area contributed by atoms with Crippen molar-refractivity contribution in [2.75, 3.05) is 39.9 Å². The quantitative estimate of drug-likeness (QED) is 0.510. The van der Waals surface area contributed by atoms with Crippen LogP contribution in [0.4, 0.5) is 0 Å². The molecule has 0 N–H and O–H groups in total. The van der Waals surface area contributed by atoms with Gasteiger partial charge in [0, 0.05) is 44.9 Å². The molecule has 0 spiro atoms. The first-order chi connectivity index (χ1) is 16.7. The highest BCUT2D eigenvalue weighted by molar-refractivity contribution is 5.33. The summed E-state index contributed by atoms with van der Waals surface area (Å²) in [5.41, 5.74) is 3.71. The first-order valence-electron chi connectivity index (χ1n) is 12.2. The topological polar surface area (TPSA) is 68.5 Å². The normalized spacial score (nSPS) is 20.5. The van der Waals surface area contributed by atoms with Crippen LogP contribution < -0.4 is 4.74 Å². The number of aromatic nitrogens is 4. The van der Waals surface area contributed by atoms with Gasteiger partial charge >= 0.3 is 0 Å². The van der Waals surface area contributed by atoms with E-state index in [2.05, 4.69) is 68.6 Å². The van der Waals surface area contributed by atoms with Crippen molar-refractivity contribution in [2.24, 2.45) is 0 Å². The number of piperazine rings is 1. The van der Waals surface area contributed by atoms with E-state index >= 15 is 0 Å². The molecule has 0 unspecified atom stereocenters. The van der Waals surface area contributed by atoms with Gasteiger partial charge in [-0.15, -0.1) is 5.10 Å². The van der Waals surface area contributed by atoms with Gasteiger partial charge in [-0.3, -0.25) is 9.80 Å². The third-order valence-electron chi connectivity index (χ3n) is 6.96. The number of nitrogens with zero attached hydrogens (tertiary/aromatic N) is 6. The average molecular weight is 463 g/mol. The third-order valence-corrected chi connectivity index (χ3v) is 6.96. The summed E-state index contributed by atoms with van der Waals surface area (Å²) in [6, 6.07) is 17.1. The van der Waals surface area contributed by atoms with E-state index in [4.69, 9.17) is 9.47 Å². The molecule has 0 radical (unpaired) electrons. The van der Waals surface area contributed by atoms with E-state index in [9.17, 15) is 0 Å². The van der Waals surface area contributed by atoms with Crippen molar-refractivity contribution in [1.82, 2.24) is 30.0 Å². The van der Waals surface area contributed by atoms with Crippen molar-refractivity contribution in [3.63, 3.8) is 0 Å². The fraction of sp³-hybridized carbons (Fsp3) is 0.500. The van der Waals surface area contributed by atoms with Crippen molar-refractivity contribution < 1.29 is 9.47 Å². The Bertz CT molecular complexity index is 1060. The van der Waals surface area contributed by atoms with E-state index in [-0.39, 0.29) is 12.1 Å². The zero-order chi connectivity index (χ0) is 23.3. The van der Waals surface area contributed by atoms with E-state index in [1.165, 1.54) is 16.7 Å². The van der Waals surface area contributed by atoms with Crippen LogP contribution in [0, 0.1) is 6.92 Å². The molecule has 2 fully saturated rings. The van der Waals surface area contributed by atoms with E-state index in [0.717, 1.165) is 63.7 Å². The Morgan fingerprint density at radius 2 is 1.85 bits per heavy atom. The average Bonchev–Trinajstić information content (AvgIpc) is 3.55. The van der Waals surface area contributed by atoms with Gasteiger partial charge in [0.05, 0.1) is 25.8 Å². The maximum absolute atomic E-state index is 5.87. The minimum Gasteiger partial charge on any atom is -0.496 e. The number of hydrogen-bond acceptors (Lipinski definition) is 7. The lowest BCUT2D eigenvalue weighted by Crippen LogP contribution is -2.48. The van der Waals surface area contributed by atoms with Crippen molar-refractivity contribution in [3.05, 3.63) is 71.0 Å². The Labute approximate surface area is 201 Å². The van der Waals surface area contributed by atoms with Crippen LogP contribution in [0.25, 0.3) is 0 Å². The molecule has 0 amide bonds. The fourth-order valence-electron chi connectivity index (χ4n) is 5.04. The molecule has 3 aromatic rings. The third kappa shape index (κ3) is 5.14. The van der Waals surface area contributed by atoms with Gasteiger partial charge in [-0.25, -0.2) is 4.68 Å². The number of para-hydroxylation sites is 1. The Morgan fingerprint density at radius 3 is 2.59 bits per heavy atom. The molecule has 2 atom stereocenters. The van der Waals surface area contributed by atoms with E-state index < -0.39 is 0 Å². The van der Waals surface area contributed by atoms with Crippen LogP contribution in [-0.4, -0.2) is 76.0 Å². The van der Waals surface area contributed by atoms with Crippen LogP contribution in [-0.2, 0) is 17.8 Å². The van der Waals surface area contributed by atoms with Gasteiger partial charge in [-0.1, -0.05) is 48.0 Å². The molecule has 2 saturated heterocycles. The number of benzene rings is 2. The number of hydrogen-bond donors (Lipinski definition) is 0. The van der Waals surface area contributed by atoms with E-state index in [1.54, 1.807) is 7.11 Å². The molecular formula is C26H34N6O2. The maximum atomic E-state index is 5.87. The van der Waals surface area contributed by atoms with Crippen LogP contribution >= 0.6 is 0 Å². The molecule has 0 bridgehead atoms. The van der Waals surface area contributed by atoms with Crippen LogP contribution in [0.2, 0.25) is 0 Å². The van der Waals surface area contributed by atoms with Gasteiger partial charge in [0.1, 0.15) is 5.75 Å². The second-order valence-corrected chi connectivity index (χ2v) is 9.29. The summed E-state index contributed by atoms with van der Waals surface area (Å²) < 4.78 is 13.4. The summed E-state index contributed by atoms with van der Waals surface area (Å²) in [5.74, 6) is 1.85. The highest BCUT2D eigenvalue weighted by Gasteiger charge is 2.31. The predicted molar refractivity (Wildman–Crippen MR) is 130 cm³/mol. The zero-order valence-electron chi connectivity index (χ0n) is 20.1. The highest BCUT2D eigenvalue weighted by Crippen LogP contribution is 2.30. The Balaban J connectivity index is 1.34. The van der Waals surface area contributed by atoms with Gasteiger partial charge in [0.25, 0.3) is 0 Å². The molecule has 8 nitrogen and oxygen atoms in total. The molecule has 180 valence electrons. The molecule has 2 aliphatic rings. The Kier molecular flexibility index (Phi) is 7.18. The number of rotatable bonds is 8. The maximum Gasteiger partial charge on any atom is 0.173 e. The second kappa shape index (κ2) is 10.6. The standard InChI is InChI=1S/C26H34N6O2/c1-20-9-11-21(12-10-20)25(26-27-28-29-32(26)19-23-7-5-17-34-23)31-15-13-30(14-16-31)18-22-6-3-4-8-24(22)33-2/h3-4,6,8-12,23,25H,5,7,13-19H2,1-2H3/t23-,25+/m0/s1. The molecule has 2 aliphatic heterocycles.